The van der Waals surface area contributed by atoms with Crippen molar-refractivity contribution in [3.63, 3.8) is 0 Å². The summed E-state index contributed by atoms with van der Waals surface area (Å²) in [7, 11) is 0. The van der Waals surface area contributed by atoms with Gasteiger partial charge in [-0.3, -0.25) is 9.59 Å². The fourth-order valence-corrected chi connectivity index (χ4v) is 4.06. The molecule has 9 heteroatoms. The second-order valence-electron chi connectivity index (χ2n) is 9.57. The Kier molecular flexibility index (Phi) is 6.68. The van der Waals surface area contributed by atoms with Crippen LogP contribution in [0.2, 0.25) is 0 Å². The lowest BCUT2D eigenvalue weighted by Gasteiger charge is -2.36. The van der Waals surface area contributed by atoms with Crippen LogP contribution in [-0.4, -0.2) is 64.3 Å². The lowest BCUT2D eigenvalue weighted by atomic mass is 10.1. The van der Waals surface area contributed by atoms with E-state index >= 15 is 0 Å². The van der Waals surface area contributed by atoms with Gasteiger partial charge in [0, 0.05) is 60.2 Å². The van der Waals surface area contributed by atoms with E-state index in [4.69, 9.17) is 9.84 Å². The Balaban J connectivity index is 1.35. The minimum Gasteiger partial charge on any atom is -0.480 e. The fourth-order valence-electron chi connectivity index (χ4n) is 4.06. The van der Waals surface area contributed by atoms with E-state index in [9.17, 15) is 14.4 Å². The van der Waals surface area contributed by atoms with Crippen LogP contribution in [0, 0.1) is 0 Å². The Hall–Kier alpha value is -4.01. The predicted molar refractivity (Wildman–Crippen MR) is 134 cm³/mol. The number of rotatable bonds is 5. The zero-order valence-corrected chi connectivity index (χ0v) is 20.2. The van der Waals surface area contributed by atoms with Gasteiger partial charge in [-0.25, -0.2) is 4.79 Å². The molecule has 1 saturated heterocycles. The van der Waals surface area contributed by atoms with Gasteiger partial charge in [0.15, 0.2) is 0 Å². The number of amides is 2. The van der Waals surface area contributed by atoms with Crippen LogP contribution in [0.25, 0.3) is 10.9 Å². The lowest BCUT2D eigenvalue weighted by Crippen LogP contribution is -2.50. The first-order valence-electron chi connectivity index (χ1n) is 11.5. The Morgan fingerprint density at radius 1 is 0.971 bits per heavy atom. The maximum absolute atomic E-state index is 12.8. The molecule has 9 nitrogen and oxygen atoms in total. The van der Waals surface area contributed by atoms with Crippen molar-refractivity contribution in [3.05, 3.63) is 60.3 Å². The average Bonchev–Trinajstić information content (AvgIpc) is 3.19. The Bertz CT molecular complexity index is 1230. The third-order valence-corrected chi connectivity index (χ3v) is 5.76. The number of piperazine rings is 1. The van der Waals surface area contributed by atoms with Crippen molar-refractivity contribution >= 4 is 40.2 Å². The molecule has 2 N–H and O–H groups in total. The maximum atomic E-state index is 12.8. The molecule has 0 unspecified atom stereocenters. The molecule has 1 aromatic heterocycles. The summed E-state index contributed by atoms with van der Waals surface area (Å²) in [5.41, 5.74) is 2.44. The van der Waals surface area contributed by atoms with Gasteiger partial charge in [-0.05, 0) is 69.3 Å². The van der Waals surface area contributed by atoms with Crippen LogP contribution >= 0.6 is 0 Å². The Morgan fingerprint density at radius 3 is 2.29 bits per heavy atom. The molecule has 0 radical (unpaired) electrons. The van der Waals surface area contributed by atoms with Crippen LogP contribution in [0.4, 0.5) is 16.2 Å². The molecule has 1 aliphatic rings. The number of hydrogen-bond acceptors (Lipinski definition) is 5. The zero-order valence-electron chi connectivity index (χ0n) is 20.2. The summed E-state index contributed by atoms with van der Waals surface area (Å²) >= 11 is 0. The number of aromatic nitrogens is 1. The van der Waals surface area contributed by atoms with E-state index in [1.54, 1.807) is 39.9 Å². The number of nitrogens with zero attached hydrogens (tertiary/aromatic N) is 3. The Morgan fingerprint density at radius 2 is 1.66 bits per heavy atom. The molecule has 0 bridgehead atoms. The van der Waals surface area contributed by atoms with Gasteiger partial charge in [0.2, 0.25) is 0 Å². The molecule has 2 amide bonds. The van der Waals surface area contributed by atoms with Crippen molar-refractivity contribution in [2.24, 2.45) is 0 Å². The highest BCUT2D eigenvalue weighted by atomic mass is 16.6. The van der Waals surface area contributed by atoms with E-state index in [1.165, 1.54) is 0 Å². The maximum Gasteiger partial charge on any atom is 0.410 e. The van der Waals surface area contributed by atoms with Crippen molar-refractivity contribution < 1.29 is 24.2 Å². The van der Waals surface area contributed by atoms with Gasteiger partial charge in [-0.15, -0.1) is 0 Å². The molecule has 1 fully saturated rings. The standard InChI is InChI=1S/C26H30N4O5/c1-26(2,3)35-25(34)29-14-12-28(13-15-29)21-7-4-18(5-8-21)24(33)27-20-6-9-22-19(16-20)10-11-30(22)17-23(31)32/h4-11,16H,12-15,17H2,1-3H3,(H,27,33)(H,31,32). The van der Waals surface area contributed by atoms with Crippen LogP contribution in [0.1, 0.15) is 31.1 Å². The quantitative estimate of drug-likeness (QED) is 0.574. The molecule has 0 atom stereocenters. The molecule has 2 aromatic carbocycles. The highest BCUT2D eigenvalue weighted by Gasteiger charge is 2.26. The number of carboxylic acid groups (broad SMARTS) is 1. The van der Waals surface area contributed by atoms with E-state index in [0.717, 1.165) is 16.6 Å². The minimum atomic E-state index is -0.909. The average molecular weight is 479 g/mol. The molecule has 35 heavy (non-hydrogen) atoms. The number of aliphatic carboxylic acids is 1. The van der Waals surface area contributed by atoms with Crippen molar-refractivity contribution in [3.8, 4) is 0 Å². The van der Waals surface area contributed by atoms with Crippen molar-refractivity contribution in [2.75, 3.05) is 36.4 Å². The normalized spacial score (nSPS) is 14.1. The summed E-state index contributed by atoms with van der Waals surface area (Å²) in [5.74, 6) is -1.14. The van der Waals surface area contributed by atoms with Gasteiger partial charge in [0.05, 0.1) is 0 Å². The first-order chi connectivity index (χ1) is 16.6. The molecule has 0 spiro atoms. The molecule has 2 heterocycles. The first-order valence-corrected chi connectivity index (χ1v) is 11.5. The van der Waals surface area contributed by atoms with E-state index < -0.39 is 11.6 Å². The summed E-state index contributed by atoms with van der Waals surface area (Å²) in [6.45, 7) is 7.99. The monoisotopic (exact) mass is 478 g/mol. The van der Waals surface area contributed by atoms with Crippen molar-refractivity contribution in [1.82, 2.24) is 9.47 Å². The van der Waals surface area contributed by atoms with Crippen LogP contribution in [-0.2, 0) is 16.1 Å². The molecule has 3 aromatic rings. The third kappa shape index (κ3) is 5.92. The number of carbonyl (C=O) groups is 3. The van der Waals surface area contributed by atoms with Gasteiger partial charge >= 0.3 is 12.1 Å². The SMILES string of the molecule is CC(C)(C)OC(=O)N1CCN(c2ccc(C(=O)Nc3ccc4c(ccn4CC(=O)O)c3)cc2)CC1. The summed E-state index contributed by atoms with van der Waals surface area (Å²) in [6, 6.07) is 14.6. The number of hydrogen-bond donors (Lipinski definition) is 2. The molecule has 0 saturated carbocycles. The van der Waals surface area contributed by atoms with Crippen LogP contribution < -0.4 is 10.2 Å². The predicted octanol–water partition coefficient (Wildman–Crippen LogP) is 4.04. The highest BCUT2D eigenvalue weighted by molar-refractivity contribution is 6.05. The highest BCUT2D eigenvalue weighted by Crippen LogP contribution is 2.22. The fraction of sp³-hybridized carbons (Fsp3) is 0.346. The number of anilines is 2. The van der Waals surface area contributed by atoms with Crippen LogP contribution in [0.5, 0.6) is 0 Å². The van der Waals surface area contributed by atoms with Gasteiger partial charge in [-0.2, -0.15) is 0 Å². The minimum absolute atomic E-state index is 0.113. The lowest BCUT2D eigenvalue weighted by molar-refractivity contribution is -0.137. The van der Waals surface area contributed by atoms with Crippen molar-refractivity contribution in [2.45, 2.75) is 32.9 Å². The van der Waals surface area contributed by atoms with Crippen LogP contribution in [0.15, 0.2) is 54.7 Å². The van der Waals surface area contributed by atoms with E-state index in [-0.39, 0.29) is 18.5 Å². The number of fused-ring (bicyclic) bond motifs is 1. The van der Waals surface area contributed by atoms with Crippen molar-refractivity contribution in [1.29, 1.82) is 0 Å². The summed E-state index contributed by atoms with van der Waals surface area (Å²) in [5, 5.41) is 12.8. The molecule has 4 rings (SSSR count). The number of carboxylic acids is 1. The summed E-state index contributed by atoms with van der Waals surface area (Å²) < 4.78 is 7.10. The molecular formula is C26H30N4O5. The van der Waals surface area contributed by atoms with Gasteiger partial charge in [0.25, 0.3) is 5.91 Å². The zero-order chi connectivity index (χ0) is 25.2. The number of benzene rings is 2. The smallest absolute Gasteiger partial charge is 0.410 e. The molecule has 184 valence electrons. The Labute approximate surface area is 203 Å². The molecular weight excluding hydrogens is 448 g/mol. The van der Waals surface area contributed by atoms with Gasteiger partial charge in [0.1, 0.15) is 12.1 Å². The topological polar surface area (TPSA) is 104 Å². The second-order valence-corrected chi connectivity index (χ2v) is 9.57. The third-order valence-electron chi connectivity index (χ3n) is 5.76. The van der Waals surface area contributed by atoms with Crippen LogP contribution in [0.3, 0.4) is 0 Å². The van der Waals surface area contributed by atoms with E-state index in [0.29, 0.717) is 37.4 Å². The van der Waals surface area contributed by atoms with E-state index in [2.05, 4.69) is 10.2 Å². The summed E-state index contributed by atoms with van der Waals surface area (Å²) in [6.07, 6.45) is 1.43. The second kappa shape index (κ2) is 9.69. The van der Waals surface area contributed by atoms with Gasteiger partial charge < -0.3 is 29.5 Å². The summed E-state index contributed by atoms with van der Waals surface area (Å²) in [4.78, 5) is 39.9. The first kappa shape index (κ1) is 24.1. The number of carbonyl (C=O) groups excluding carboxylic acids is 2. The molecule has 1 aliphatic heterocycles. The van der Waals surface area contributed by atoms with E-state index in [1.807, 2.05) is 45.0 Å². The largest absolute Gasteiger partial charge is 0.480 e. The van der Waals surface area contributed by atoms with Gasteiger partial charge in [-0.1, -0.05) is 0 Å². The number of ether oxygens (including phenoxy) is 1. The number of nitrogens with one attached hydrogen (secondary N) is 1. The molecule has 0 aliphatic carbocycles.